The zero-order valence-electron chi connectivity index (χ0n) is 36.2. The van der Waals surface area contributed by atoms with Gasteiger partial charge in [-0.15, -0.1) is 35.9 Å². The molecule has 0 amide bonds. The fraction of sp³-hybridized carbons (Fsp3) is 0.269. The standard InChI is InChI=1S/C34H28F3N2O.C18H24NSi.Ir/c1-20(2)25-16-23(22-10-6-5-7-11-22)17-26(21(3)4)32(25)39-30-13-9-8-12-29(30)38-33(39)28-19-40-31-15-14-24(18-27(28)31)34(35,36)37;1-14(2)11-16-12-17(15-9-7-6-8-10-15)19-13-18(16)20(3,4)5;/h5-18,20-21H,1-4H3;6-9,12-14H,11H2,1-5H3;/q2*-1;. The smallest absolute Gasteiger partial charge is 0.415 e. The summed E-state index contributed by atoms with van der Waals surface area (Å²) < 4.78 is 48.7. The Bertz CT molecular complexity index is 2720. The maximum absolute atomic E-state index is 13.7. The Morgan fingerprint density at radius 3 is 2.02 bits per heavy atom. The Labute approximate surface area is 372 Å². The molecule has 8 rings (SSSR count). The van der Waals surface area contributed by atoms with Crippen LogP contribution < -0.4 is 5.19 Å². The summed E-state index contributed by atoms with van der Waals surface area (Å²) in [6.07, 6.45) is 1.65. The van der Waals surface area contributed by atoms with Gasteiger partial charge in [-0.05, 0) is 81.6 Å². The van der Waals surface area contributed by atoms with Gasteiger partial charge in [-0.25, -0.2) is 0 Å². The molecule has 0 fully saturated rings. The fourth-order valence-electron chi connectivity index (χ4n) is 7.83. The number of rotatable bonds is 9. The number of para-hydroxylation sites is 2. The van der Waals surface area contributed by atoms with E-state index in [1.165, 1.54) is 16.8 Å². The van der Waals surface area contributed by atoms with Crippen LogP contribution in [-0.2, 0) is 32.7 Å². The van der Waals surface area contributed by atoms with E-state index in [9.17, 15) is 13.2 Å². The average Bonchev–Trinajstić information content (AvgIpc) is 3.81. The van der Waals surface area contributed by atoms with E-state index < -0.39 is 19.8 Å². The second-order valence-corrected chi connectivity index (χ2v) is 22.6. The molecule has 0 N–H and O–H groups in total. The molecule has 317 valence electrons. The van der Waals surface area contributed by atoms with Gasteiger partial charge in [0.2, 0.25) is 0 Å². The predicted octanol–water partition coefficient (Wildman–Crippen LogP) is 14.5. The van der Waals surface area contributed by atoms with Crippen LogP contribution >= 0.6 is 0 Å². The summed E-state index contributed by atoms with van der Waals surface area (Å²) in [4.78, 5) is 9.63. The van der Waals surface area contributed by atoms with Crippen molar-refractivity contribution in [2.24, 2.45) is 5.92 Å². The number of pyridine rings is 1. The molecule has 3 aromatic heterocycles. The third-order valence-corrected chi connectivity index (χ3v) is 12.8. The van der Waals surface area contributed by atoms with Crippen molar-refractivity contribution in [2.45, 2.75) is 85.6 Å². The number of nitrogens with zero attached hydrogens (tertiary/aromatic N) is 3. The molecule has 0 aliphatic carbocycles. The number of hydrogen-bond donors (Lipinski definition) is 0. The normalized spacial score (nSPS) is 12.0. The van der Waals surface area contributed by atoms with Crippen LogP contribution in [0.2, 0.25) is 19.6 Å². The van der Waals surface area contributed by atoms with Crippen LogP contribution in [0.5, 0.6) is 0 Å². The van der Waals surface area contributed by atoms with Gasteiger partial charge < -0.3 is 14.0 Å². The van der Waals surface area contributed by atoms with Gasteiger partial charge in [0.05, 0.1) is 24.9 Å². The molecule has 1 radical (unpaired) electrons. The monoisotopic (exact) mass is 1010 g/mol. The molecule has 0 aliphatic rings. The molecule has 5 aromatic carbocycles. The average molecular weight is 1010 g/mol. The van der Waals surface area contributed by atoms with Crippen LogP contribution in [0, 0.1) is 18.2 Å². The first kappa shape index (κ1) is 45.4. The molecule has 0 unspecified atom stereocenters. The van der Waals surface area contributed by atoms with Crippen LogP contribution in [-0.4, -0.2) is 22.6 Å². The van der Waals surface area contributed by atoms with Gasteiger partial charge in [0.1, 0.15) is 0 Å². The van der Waals surface area contributed by atoms with E-state index in [4.69, 9.17) is 9.40 Å². The first-order chi connectivity index (χ1) is 28.5. The van der Waals surface area contributed by atoms with E-state index in [0.717, 1.165) is 68.8 Å². The third kappa shape index (κ3) is 9.85. The number of furan rings is 1. The van der Waals surface area contributed by atoms with Crippen molar-refractivity contribution in [2.75, 3.05) is 0 Å². The summed E-state index contributed by atoms with van der Waals surface area (Å²) >= 11 is 0. The van der Waals surface area contributed by atoms with Gasteiger partial charge in [-0.2, -0.15) is 13.2 Å². The van der Waals surface area contributed by atoms with Crippen LogP contribution in [0.1, 0.15) is 75.6 Å². The topological polar surface area (TPSA) is 43.9 Å². The van der Waals surface area contributed by atoms with Crippen molar-refractivity contribution >= 4 is 35.3 Å². The first-order valence-corrected chi connectivity index (χ1v) is 24.2. The van der Waals surface area contributed by atoms with Gasteiger partial charge in [0.25, 0.3) is 0 Å². The van der Waals surface area contributed by atoms with E-state index in [1.54, 1.807) is 0 Å². The van der Waals surface area contributed by atoms with Gasteiger partial charge in [-0.1, -0.05) is 144 Å². The van der Waals surface area contributed by atoms with Gasteiger partial charge in [0, 0.05) is 49.4 Å². The van der Waals surface area contributed by atoms with Gasteiger partial charge >= 0.3 is 6.18 Å². The van der Waals surface area contributed by atoms with E-state index in [1.807, 2.05) is 60.7 Å². The second-order valence-electron chi connectivity index (χ2n) is 17.6. The summed E-state index contributed by atoms with van der Waals surface area (Å²) in [5.74, 6) is 1.48. The van der Waals surface area contributed by atoms with Crippen LogP contribution in [0.4, 0.5) is 13.2 Å². The van der Waals surface area contributed by atoms with Crippen molar-refractivity contribution < 1.29 is 37.7 Å². The third-order valence-electron chi connectivity index (χ3n) is 10.8. The number of fused-ring (bicyclic) bond motifs is 2. The Morgan fingerprint density at radius 1 is 0.754 bits per heavy atom. The van der Waals surface area contributed by atoms with Crippen LogP contribution in [0.25, 0.3) is 61.5 Å². The molecule has 0 aliphatic heterocycles. The van der Waals surface area contributed by atoms with Crippen LogP contribution in [0.15, 0.2) is 126 Å². The zero-order chi connectivity index (χ0) is 42.9. The minimum Gasteiger partial charge on any atom is -0.557 e. The number of aromatic nitrogens is 3. The molecule has 0 atom stereocenters. The minimum absolute atomic E-state index is 0. The van der Waals surface area contributed by atoms with Crippen LogP contribution in [0.3, 0.4) is 0 Å². The predicted molar refractivity (Wildman–Crippen MR) is 244 cm³/mol. The van der Waals surface area contributed by atoms with Crippen molar-refractivity contribution in [1.29, 1.82) is 0 Å². The van der Waals surface area contributed by atoms with Gasteiger partial charge in [0.15, 0.2) is 0 Å². The van der Waals surface area contributed by atoms with Crippen molar-refractivity contribution in [3.8, 4) is 39.5 Å². The number of alkyl halides is 3. The molecule has 0 bridgehead atoms. The molecule has 0 saturated carbocycles. The molecular weight excluding hydrogens is 960 g/mol. The quantitative estimate of drug-likeness (QED) is 0.107. The van der Waals surface area contributed by atoms with Crippen molar-refractivity contribution in [3.05, 3.63) is 156 Å². The molecule has 0 spiro atoms. The number of halogens is 3. The minimum atomic E-state index is -4.48. The molecule has 4 nitrogen and oxygen atoms in total. The summed E-state index contributed by atoms with van der Waals surface area (Å²) in [5.41, 5.74) is 10.7. The van der Waals surface area contributed by atoms with Gasteiger partial charge in [-0.3, -0.25) is 4.98 Å². The molecule has 8 aromatic rings. The Morgan fingerprint density at radius 2 is 1.41 bits per heavy atom. The van der Waals surface area contributed by atoms with E-state index in [-0.39, 0.29) is 31.9 Å². The maximum Gasteiger partial charge on any atom is 0.415 e. The molecular formula is C52H52F3IrN3OSi-2. The molecule has 9 heteroatoms. The second kappa shape index (κ2) is 18.5. The molecule has 0 saturated heterocycles. The fourth-order valence-corrected chi connectivity index (χ4v) is 9.42. The Hall–Kier alpha value is -5.08. The zero-order valence-corrected chi connectivity index (χ0v) is 39.6. The SMILES string of the molecule is CC(C)Cc1cc(-c2[c-]cccc2)ncc1[Si](C)(C)C.CC(C)c1cc(-c2ccccc2)cc(C(C)C)c1-n1c(-c2[c-]oc3ccc(C(F)(F)F)cc23)nc2ccccc21.[Ir]. The first-order valence-electron chi connectivity index (χ1n) is 20.7. The van der Waals surface area contributed by atoms with Crippen molar-refractivity contribution in [3.63, 3.8) is 0 Å². The number of hydrogen-bond acceptors (Lipinski definition) is 3. The summed E-state index contributed by atoms with van der Waals surface area (Å²) in [7, 11) is -1.34. The van der Waals surface area contributed by atoms with E-state index in [0.29, 0.717) is 28.3 Å². The Balaban J connectivity index is 0.000000250. The van der Waals surface area contributed by atoms with E-state index in [2.05, 4.69) is 126 Å². The summed E-state index contributed by atoms with van der Waals surface area (Å²) in [6.45, 7) is 20.4. The summed E-state index contributed by atoms with van der Waals surface area (Å²) in [6, 6.07) is 39.6. The summed E-state index contributed by atoms with van der Waals surface area (Å²) in [5, 5.41) is 1.82. The van der Waals surface area contributed by atoms with E-state index >= 15 is 0 Å². The Kier molecular flexibility index (Phi) is 13.8. The maximum atomic E-state index is 13.7. The molecule has 3 heterocycles. The molecule has 61 heavy (non-hydrogen) atoms. The van der Waals surface area contributed by atoms with Crippen molar-refractivity contribution in [1.82, 2.24) is 14.5 Å². The number of benzene rings is 5. The largest absolute Gasteiger partial charge is 0.557 e. The number of imidazole rings is 1.